The molecule has 0 spiro atoms. The van der Waals surface area contributed by atoms with Crippen molar-refractivity contribution >= 4 is 20.1 Å². The van der Waals surface area contributed by atoms with Gasteiger partial charge in [-0.25, -0.2) is 9.78 Å². The first kappa shape index (κ1) is 32.1. The molecule has 0 radical (unpaired) electrons. The molecule has 0 atom stereocenters. The predicted molar refractivity (Wildman–Crippen MR) is 177 cm³/mol. The van der Waals surface area contributed by atoms with E-state index in [1.807, 2.05) is 42.0 Å². The van der Waals surface area contributed by atoms with Crippen molar-refractivity contribution in [3.8, 4) is 0 Å². The van der Waals surface area contributed by atoms with Gasteiger partial charge in [0, 0.05) is 26.5 Å². The molecule has 226 valence electrons. The molecule has 0 saturated heterocycles. The molecule has 0 fully saturated rings. The molecule has 0 amide bonds. The second kappa shape index (κ2) is 15.6. The smallest absolute Gasteiger partial charge is 0.334 e. The Morgan fingerprint density at radius 1 is 0.907 bits per heavy atom. The van der Waals surface area contributed by atoms with Gasteiger partial charge in [0.25, 0.3) is 0 Å². The van der Waals surface area contributed by atoms with Crippen LogP contribution in [0.25, 0.3) is 6.08 Å². The second-order valence-electron chi connectivity index (χ2n) is 11.9. The third-order valence-corrected chi connectivity index (χ3v) is 9.09. The predicted octanol–water partition coefficient (Wildman–Crippen LogP) is 7.50. The topological polar surface area (TPSA) is 65.4 Å². The normalized spacial score (nSPS) is 12.3. The minimum atomic E-state index is -1.13. The summed E-state index contributed by atoms with van der Waals surface area (Å²) >= 11 is 0. The number of aromatic nitrogens is 2. The molecule has 0 aliphatic rings. The van der Waals surface area contributed by atoms with Gasteiger partial charge in [-0.1, -0.05) is 111 Å². The van der Waals surface area contributed by atoms with Gasteiger partial charge in [-0.3, -0.25) is 5.32 Å². The summed E-state index contributed by atoms with van der Waals surface area (Å²) < 4.78 is 13.2. The molecule has 0 bridgehead atoms. The van der Waals surface area contributed by atoms with Gasteiger partial charge < -0.3 is 14.0 Å². The molecule has 1 N–H and O–H groups in total. The molecule has 6 nitrogen and oxygen atoms in total. The fraction of sp³-hybridized carbons (Fsp3) is 0.333. The average molecular weight is 596 g/mol. The first-order chi connectivity index (χ1) is 20.8. The Balaban J connectivity index is 1.51. The van der Waals surface area contributed by atoms with Crippen LogP contribution in [0.4, 0.5) is 0 Å². The number of nitrogens with zero attached hydrogens (tertiary/aromatic N) is 2. The highest BCUT2D eigenvalue weighted by molar-refractivity contribution is 6.76. The Bertz CT molecular complexity index is 1330. The zero-order valence-electron chi connectivity index (χ0n) is 26.0. The zero-order valence-corrected chi connectivity index (χ0v) is 27.0. The lowest BCUT2D eigenvalue weighted by atomic mass is 9.77. The fourth-order valence-corrected chi connectivity index (χ4v) is 5.89. The molecule has 3 aromatic carbocycles. The molecule has 7 heteroatoms. The van der Waals surface area contributed by atoms with Crippen LogP contribution in [-0.4, -0.2) is 43.4 Å². The third-order valence-electron chi connectivity index (χ3n) is 7.38. The summed E-state index contributed by atoms with van der Waals surface area (Å²) in [6, 6.07) is 32.7. The number of carbonyl (C=O) groups excluding carboxylic acids is 1. The lowest BCUT2D eigenvalue weighted by molar-refractivity contribution is -0.138. The van der Waals surface area contributed by atoms with Crippen molar-refractivity contribution in [2.75, 3.05) is 19.8 Å². The number of hydrogen-bond acceptors (Lipinski definition) is 5. The van der Waals surface area contributed by atoms with E-state index in [9.17, 15) is 4.79 Å². The van der Waals surface area contributed by atoms with Crippen molar-refractivity contribution in [2.24, 2.45) is 0 Å². The second-order valence-corrected chi connectivity index (χ2v) is 17.6. The van der Waals surface area contributed by atoms with E-state index in [-0.39, 0.29) is 5.97 Å². The standard InChI is InChI=1S/C36H45N3O3Si/c1-5-42-35(40)30(26-34-27-39(28-37-34)29-41-24-25-43(2,3)4)16-15-23-38-36(31-17-9-6-10-18-31,32-19-11-7-12-20-32)33-21-13-8-14-22-33/h6-14,17-22,26-28,38H,5,15-16,23-25,29H2,1-4H3/b30-26+. The lowest BCUT2D eigenvalue weighted by Gasteiger charge is -2.37. The number of rotatable bonds is 16. The van der Waals surface area contributed by atoms with E-state index in [0.29, 0.717) is 31.9 Å². The van der Waals surface area contributed by atoms with Gasteiger partial charge in [0.15, 0.2) is 0 Å². The van der Waals surface area contributed by atoms with Gasteiger partial charge >= 0.3 is 5.97 Å². The van der Waals surface area contributed by atoms with Gasteiger partial charge in [0.2, 0.25) is 0 Å². The Kier molecular flexibility index (Phi) is 11.7. The quantitative estimate of drug-likeness (QED) is 0.0478. The first-order valence-corrected chi connectivity index (χ1v) is 18.9. The number of ether oxygens (including phenoxy) is 2. The molecule has 1 aromatic heterocycles. The van der Waals surface area contributed by atoms with Crippen LogP contribution >= 0.6 is 0 Å². The van der Waals surface area contributed by atoms with Crippen LogP contribution in [0.15, 0.2) is 109 Å². The van der Waals surface area contributed by atoms with Gasteiger partial charge in [-0.15, -0.1) is 0 Å². The van der Waals surface area contributed by atoms with E-state index in [1.54, 1.807) is 6.33 Å². The molecule has 0 saturated carbocycles. The average Bonchev–Trinajstić information content (AvgIpc) is 3.47. The summed E-state index contributed by atoms with van der Waals surface area (Å²) in [5.41, 5.74) is 4.25. The maximum atomic E-state index is 12.9. The van der Waals surface area contributed by atoms with Crippen molar-refractivity contribution in [1.82, 2.24) is 14.9 Å². The highest BCUT2D eigenvalue weighted by Gasteiger charge is 2.35. The minimum absolute atomic E-state index is 0.302. The van der Waals surface area contributed by atoms with E-state index >= 15 is 0 Å². The van der Waals surface area contributed by atoms with E-state index in [0.717, 1.165) is 41.5 Å². The highest BCUT2D eigenvalue weighted by Crippen LogP contribution is 2.36. The van der Waals surface area contributed by atoms with Crippen molar-refractivity contribution in [3.05, 3.63) is 131 Å². The van der Waals surface area contributed by atoms with Crippen LogP contribution in [0.2, 0.25) is 25.7 Å². The van der Waals surface area contributed by atoms with Crippen LogP contribution in [0.3, 0.4) is 0 Å². The van der Waals surface area contributed by atoms with Crippen LogP contribution in [0.5, 0.6) is 0 Å². The Morgan fingerprint density at radius 2 is 1.47 bits per heavy atom. The van der Waals surface area contributed by atoms with Gasteiger partial charge in [0.1, 0.15) is 6.73 Å². The van der Waals surface area contributed by atoms with Crippen molar-refractivity contribution in [3.63, 3.8) is 0 Å². The van der Waals surface area contributed by atoms with E-state index in [4.69, 9.17) is 9.47 Å². The summed E-state index contributed by atoms with van der Waals surface area (Å²) in [4.78, 5) is 17.5. The van der Waals surface area contributed by atoms with Crippen LogP contribution < -0.4 is 5.32 Å². The Morgan fingerprint density at radius 3 is 1.98 bits per heavy atom. The molecule has 1 heterocycles. The van der Waals surface area contributed by atoms with Crippen molar-refractivity contribution in [2.45, 2.75) is 57.7 Å². The number of benzene rings is 3. The van der Waals surface area contributed by atoms with Crippen LogP contribution in [0, 0.1) is 0 Å². The lowest BCUT2D eigenvalue weighted by Crippen LogP contribution is -2.45. The van der Waals surface area contributed by atoms with E-state index < -0.39 is 13.6 Å². The molecule has 43 heavy (non-hydrogen) atoms. The first-order valence-electron chi connectivity index (χ1n) is 15.2. The number of imidazole rings is 1. The van der Waals surface area contributed by atoms with E-state index in [1.165, 1.54) is 0 Å². The summed E-state index contributed by atoms with van der Waals surface area (Å²) in [6.45, 7) is 11.1. The summed E-state index contributed by atoms with van der Waals surface area (Å²) in [6.07, 6.45) is 6.80. The van der Waals surface area contributed by atoms with Gasteiger partial charge in [-0.05, 0) is 55.1 Å². The molecule has 4 rings (SSSR count). The van der Waals surface area contributed by atoms with Gasteiger partial charge in [-0.2, -0.15) is 0 Å². The number of hydrogen-bond donors (Lipinski definition) is 1. The summed E-state index contributed by atoms with van der Waals surface area (Å²) in [5.74, 6) is -0.302. The molecule has 0 unspecified atom stereocenters. The maximum absolute atomic E-state index is 12.9. The molecular weight excluding hydrogens is 551 g/mol. The monoisotopic (exact) mass is 595 g/mol. The molecule has 0 aliphatic carbocycles. The molecule has 0 aliphatic heterocycles. The van der Waals surface area contributed by atoms with E-state index in [2.05, 4.69) is 103 Å². The van der Waals surface area contributed by atoms with Crippen LogP contribution in [-0.2, 0) is 26.5 Å². The minimum Gasteiger partial charge on any atom is -0.463 e. The van der Waals surface area contributed by atoms with Crippen molar-refractivity contribution in [1.29, 1.82) is 0 Å². The number of carbonyl (C=O) groups is 1. The summed E-state index contributed by atoms with van der Waals surface area (Å²) in [7, 11) is -1.13. The Labute approximate surface area is 257 Å². The Hall–Kier alpha value is -3.78. The van der Waals surface area contributed by atoms with Crippen LogP contribution in [0.1, 0.15) is 42.1 Å². The molecule has 4 aromatic rings. The van der Waals surface area contributed by atoms with Gasteiger partial charge in [0.05, 0.1) is 24.2 Å². The zero-order chi connectivity index (χ0) is 30.5. The molecular formula is C36H45N3O3Si. The third kappa shape index (κ3) is 9.10. The SMILES string of the molecule is CCOC(=O)/C(=C/c1cn(COCC[Si](C)(C)C)cn1)CCCNC(c1ccccc1)(c1ccccc1)c1ccccc1. The largest absolute Gasteiger partial charge is 0.463 e. The fourth-order valence-electron chi connectivity index (χ4n) is 5.13. The summed E-state index contributed by atoms with van der Waals surface area (Å²) in [5, 5.41) is 3.90. The maximum Gasteiger partial charge on any atom is 0.334 e. The number of nitrogens with one attached hydrogen (secondary N) is 1. The van der Waals surface area contributed by atoms with Crippen molar-refractivity contribution < 1.29 is 14.3 Å². The number of esters is 1. The highest BCUT2D eigenvalue weighted by atomic mass is 28.3.